The second-order valence-electron chi connectivity index (χ2n) is 3.98. The molecule has 0 aliphatic heterocycles. The Morgan fingerprint density at radius 2 is 1.93 bits per heavy atom. The fourth-order valence-corrected chi connectivity index (χ4v) is 1.53. The minimum Gasteiger partial charge on any atom is -0.389 e. The average Bonchev–Trinajstić information content (AvgIpc) is 2.17. The molecule has 0 saturated heterocycles. The number of hydrogen-bond donors (Lipinski definition) is 1. The van der Waals surface area contributed by atoms with Gasteiger partial charge in [-0.3, -0.25) is 0 Å². The smallest absolute Gasteiger partial charge is 0.122 e. The molecule has 0 amide bonds. The summed E-state index contributed by atoms with van der Waals surface area (Å²) in [7, 11) is 0. The molecule has 0 aromatic heterocycles. The monoisotopic (exact) mass is 228 g/mol. The summed E-state index contributed by atoms with van der Waals surface area (Å²) in [6, 6.07) is 7.24. The molecule has 0 unspecified atom stereocenters. The standard InChI is InChI=1S/C12H14ClFO/c1-12(2,7-11(14)8-15)9-3-5-10(13)6-4-9/h3-7,15H,8H2,1-2H3/b11-7-. The zero-order valence-electron chi connectivity index (χ0n) is 8.80. The summed E-state index contributed by atoms with van der Waals surface area (Å²) in [4.78, 5) is 0. The molecule has 0 aliphatic rings. The van der Waals surface area contributed by atoms with Gasteiger partial charge in [-0.25, -0.2) is 4.39 Å². The first-order valence-corrected chi connectivity index (χ1v) is 5.07. The topological polar surface area (TPSA) is 20.2 Å². The van der Waals surface area contributed by atoms with E-state index in [1.807, 2.05) is 26.0 Å². The van der Waals surface area contributed by atoms with E-state index in [9.17, 15) is 4.39 Å². The van der Waals surface area contributed by atoms with E-state index in [0.29, 0.717) is 5.02 Å². The maximum absolute atomic E-state index is 13.0. The average molecular weight is 229 g/mol. The van der Waals surface area contributed by atoms with Crippen LogP contribution < -0.4 is 0 Å². The molecule has 15 heavy (non-hydrogen) atoms. The van der Waals surface area contributed by atoms with Gasteiger partial charge in [0.2, 0.25) is 0 Å². The fraction of sp³-hybridized carbons (Fsp3) is 0.333. The van der Waals surface area contributed by atoms with Crippen LogP contribution in [0.15, 0.2) is 36.2 Å². The molecule has 0 heterocycles. The van der Waals surface area contributed by atoms with Gasteiger partial charge in [0.1, 0.15) is 5.83 Å². The first-order chi connectivity index (χ1) is 6.95. The zero-order chi connectivity index (χ0) is 11.5. The molecule has 0 atom stereocenters. The highest BCUT2D eigenvalue weighted by Crippen LogP contribution is 2.27. The molecule has 0 radical (unpaired) electrons. The first-order valence-electron chi connectivity index (χ1n) is 4.70. The maximum atomic E-state index is 13.0. The second kappa shape index (κ2) is 4.77. The van der Waals surface area contributed by atoms with Crippen LogP contribution in [0, 0.1) is 0 Å². The molecule has 0 spiro atoms. The van der Waals surface area contributed by atoms with Crippen molar-refractivity contribution in [2.24, 2.45) is 0 Å². The quantitative estimate of drug-likeness (QED) is 0.840. The molecule has 1 aromatic carbocycles. The summed E-state index contributed by atoms with van der Waals surface area (Å²) in [5.74, 6) is -0.519. The van der Waals surface area contributed by atoms with Crippen molar-refractivity contribution >= 4 is 11.6 Å². The lowest BCUT2D eigenvalue weighted by atomic mass is 9.84. The molecule has 0 bridgehead atoms. The fourth-order valence-electron chi connectivity index (χ4n) is 1.40. The predicted octanol–water partition coefficient (Wildman–Crippen LogP) is 3.46. The lowest BCUT2D eigenvalue weighted by Crippen LogP contribution is -2.14. The summed E-state index contributed by atoms with van der Waals surface area (Å²) < 4.78 is 13.0. The Morgan fingerprint density at radius 3 is 2.40 bits per heavy atom. The Hall–Kier alpha value is -0.860. The van der Waals surface area contributed by atoms with Gasteiger partial charge in [-0.1, -0.05) is 37.6 Å². The second-order valence-corrected chi connectivity index (χ2v) is 4.41. The van der Waals surface area contributed by atoms with E-state index in [0.717, 1.165) is 5.56 Å². The highest BCUT2D eigenvalue weighted by Gasteiger charge is 2.18. The molecule has 1 nitrogen and oxygen atoms in total. The van der Waals surface area contributed by atoms with Gasteiger partial charge < -0.3 is 5.11 Å². The van der Waals surface area contributed by atoms with Gasteiger partial charge in [-0.2, -0.15) is 0 Å². The SMILES string of the molecule is CC(C)(/C=C(\F)CO)c1ccc(Cl)cc1. The van der Waals surface area contributed by atoms with Crippen molar-refractivity contribution in [3.63, 3.8) is 0 Å². The van der Waals surface area contributed by atoms with E-state index in [1.165, 1.54) is 6.08 Å². The van der Waals surface area contributed by atoms with Crippen LogP contribution in [0.4, 0.5) is 4.39 Å². The van der Waals surface area contributed by atoms with E-state index in [-0.39, 0.29) is 0 Å². The van der Waals surface area contributed by atoms with Gasteiger partial charge in [-0.15, -0.1) is 0 Å². The number of aliphatic hydroxyl groups is 1. The van der Waals surface area contributed by atoms with Gasteiger partial charge in [0, 0.05) is 10.4 Å². The van der Waals surface area contributed by atoms with Crippen LogP contribution in [0.5, 0.6) is 0 Å². The lowest BCUT2D eigenvalue weighted by Gasteiger charge is -2.21. The van der Waals surface area contributed by atoms with Gasteiger partial charge in [0.05, 0.1) is 6.61 Å². The van der Waals surface area contributed by atoms with Gasteiger partial charge >= 0.3 is 0 Å². The molecular formula is C12H14ClFO. The number of rotatable bonds is 3. The number of benzene rings is 1. The minimum absolute atomic E-state index is 0.447. The zero-order valence-corrected chi connectivity index (χ0v) is 9.55. The van der Waals surface area contributed by atoms with Crippen molar-refractivity contribution in [3.05, 3.63) is 46.8 Å². The van der Waals surface area contributed by atoms with Crippen molar-refractivity contribution < 1.29 is 9.50 Å². The van der Waals surface area contributed by atoms with E-state index in [4.69, 9.17) is 16.7 Å². The highest BCUT2D eigenvalue weighted by molar-refractivity contribution is 6.30. The predicted molar refractivity (Wildman–Crippen MR) is 60.8 cm³/mol. The third-order valence-electron chi connectivity index (χ3n) is 2.26. The van der Waals surface area contributed by atoms with Crippen LogP contribution in [-0.2, 0) is 5.41 Å². The normalized spacial score (nSPS) is 13.0. The summed E-state index contributed by atoms with van der Waals surface area (Å²) >= 11 is 5.77. The summed E-state index contributed by atoms with van der Waals surface area (Å²) in [6.07, 6.45) is 1.41. The first kappa shape index (κ1) is 12.2. The van der Waals surface area contributed by atoms with E-state index < -0.39 is 17.8 Å². The Labute approximate surface area is 94.2 Å². The molecular weight excluding hydrogens is 215 g/mol. The lowest BCUT2D eigenvalue weighted by molar-refractivity contribution is 0.295. The molecule has 0 saturated carbocycles. The van der Waals surface area contributed by atoms with Gasteiger partial charge in [-0.05, 0) is 23.8 Å². The summed E-state index contributed by atoms with van der Waals surface area (Å²) in [5, 5.41) is 9.28. The molecule has 3 heteroatoms. The Morgan fingerprint density at radius 1 is 1.40 bits per heavy atom. The van der Waals surface area contributed by atoms with Crippen LogP contribution >= 0.6 is 11.6 Å². The minimum atomic E-state index is -0.559. The number of hydrogen-bond acceptors (Lipinski definition) is 1. The van der Waals surface area contributed by atoms with Crippen LogP contribution in [0.25, 0.3) is 0 Å². The van der Waals surface area contributed by atoms with Crippen LogP contribution in [-0.4, -0.2) is 11.7 Å². The van der Waals surface area contributed by atoms with Crippen molar-refractivity contribution in [2.45, 2.75) is 19.3 Å². The van der Waals surface area contributed by atoms with E-state index >= 15 is 0 Å². The summed E-state index contributed by atoms with van der Waals surface area (Å²) in [6.45, 7) is 3.20. The van der Waals surface area contributed by atoms with Crippen molar-refractivity contribution in [1.82, 2.24) is 0 Å². The molecule has 1 N–H and O–H groups in total. The van der Waals surface area contributed by atoms with Crippen molar-refractivity contribution in [3.8, 4) is 0 Å². The molecule has 1 aromatic rings. The van der Waals surface area contributed by atoms with E-state index in [2.05, 4.69) is 0 Å². The number of allylic oxidation sites excluding steroid dienone is 1. The third kappa shape index (κ3) is 3.33. The Balaban J connectivity index is 3.00. The molecule has 1 rings (SSSR count). The van der Waals surface area contributed by atoms with Crippen LogP contribution in [0.1, 0.15) is 19.4 Å². The van der Waals surface area contributed by atoms with Crippen LogP contribution in [0.2, 0.25) is 5.02 Å². The number of halogens is 2. The largest absolute Gasteiger partial charge is 0.389 e. The van der Waals surface area contributed by atoms with E-state index in [1.54, 1.807) is 12.1 Å². The Bertz CT molecular complexity index is 354. The molecule has 0 fully saturated rings. The van der Waals surface area contributed by atoms with Gasteiger partial charge in [0.15, 0.2) is 0 Å². The van der Waals surface area contributed by atoms with Crippen molar-refractivity contribution in [2.75, 3.05) is 6.61 Å². The number of aliphatic hydroxyl groups excluding tert-OH is 1. The molecule has 0 aliphatic carbocycles. The van der Waals surface area contributed by atoms with Crippen LogP contribution in [0.3, 0.4) is 0 Å². The summed E-state index contributed by atoms with van der Waals surface area (Å²) in [5.41, 5.74) is 0.507. The Kier molecular flexibility index (Phi) is 3.89. The third-order valence-corrected chi connectivity index (χ3v) is 2.51. The van der Waals surface area contributed by atoms with Crippen molar-refractivity contribution in [1.29, 1.82) is 0 Å². The van der Waals surface area contributed by atoms with Gasteiger partial charge in [0.25, 0.3) is 0 Å². The highest BCUT2D eigenvalue weighted by atomic mass is 35.5. The maximum Gasteiger partial charge on any atom is 0.122 e. The molecule has 82 valence electrons.